The zero-order valence-electron chi connectivity index (χ0n) is 23.9. The molecule has 0 spiro atoms. The number of fused-ring (bicyclic) bond motifs is 1. The predicted molar refractivity (Wildman–Crippen MR) is 163 cm³/mol. The van der Waals surface area contributed by atoms with E-state index in [-0.39, 0.29) is 10.8 Å². The number of halogens is 1. The van der Waals surface area contributed by atoms with Crippen molar-refractivity contribution in [3.05, 3.63) is 105 Å². The molecule has 3 heteroatoms. The molecule has 0 saturated carbocycles. The van der Waals surface area contributed by atoms with Crippen LogP contribution in [0.3, 0.4) is 0 Å². The molecule has 0 atom stereocenters. The fourth-order valence-corrected chi connectivity index (χ4v) is 6.19. The first-order chi connectivity index (χ1) is 17.5. The molecule has 1 aliphatic heterocycles. The molecule has 2 aliphatic rings. The molecule has 1 aliphatic carbocycles. The van der Waals surface area contributed by atoms with Gasteiger partial charge in [0.05, 0.1) is 0 Å². The van der Waals surface area contributed by atoms with Crippen molar-refractivity contribution in [3.63, 3.8) is 0 Å². The zero-order valence-corrected chi connectivity index (χ0v) is 24.7. The highest BCUT2D eigenvalue weighted by Crippen LogP contribution is 2.47. The summed E-state index contributed by atoms with van der Waals surface area (Å²) in [6.07, 6.45) is 13.3. The van der Waals surface area contributed by atoms with Crippen LogP contribution >= 0.6 is 11.6 Å². The lowest BCUT2D eigenvalue weighted by Gasteiger charge is -2.27. The van der Waals surface area contributed by atoms with Crippen molar-refractivity contribution >= 4 is 23.0 Å². The van der Waals surface area contributed by atoms with E-state index >= 15 is 0 Å². The number of allylic oxidation sites excluding steroid dienone is 8. The molecule has 0 saturated heterocycles. The number of rotatable bonds is 6. The van der Waals surface area contributed by atoms with Gasteiger partial charge in [-0.15, -0.1) is 0 Å². The summed E-state index contributed by atoms with van der Waals surface area (Å²) in [6.45, 7) is 13.6. The normalized spacial score (nSPS) is 19.9. The van der Waals surface area contributed by atoms with E-state index in [1.54, 1.807) is 0 Å². The molecule has 1 heterocycles. The summed E-state index contributed by atoms with van der Waals surface area (Å²) in [5.74, 6) is 0. The number of hydrogen-bond acceptors (Lipinski definition) is 2. The van der Waals surface area contributed by atoms with Crippen LogP contribution in [-0.4, -0.2) is 14.1 Å². The quantitative estimate of drug-likeness (QED) is 0.412. The monoisotopic (exact) mass is 514 g/mol. The summed E-state index contributed by atoms with van der Waals surface area (Å²) in [7, 11) is 4.18. The number of likely N-dealkylation sites (N-methyl/N-ethyl adjacent to an activating group) is 1. The van der Waals surface area contributed by atoms with Crippen molar-refractivity contribution in [1.82, 2.24) is 0 Å². The van der Waals surface area contributed by atoms with Gasteiger partial charge in [-0.05, 0) is 85.4 Å². The van der Waals surface area contributed by atoms with Gasteiger partial charge in [0.1, 0.15) is 0 Å². The Hall–Kier alpha value is -2.71. The van der Waals surface area contributed by atoms with E-state index in [1.807, 2.05) is 7.05 Å². The lowest BCUT2D eigenvalue weighted by atomic mass is 9.79. The first-order valence-corrected chi connectivity index (χ1v) is 13.9. The van der Waals surface area contributed by atoms with E-state index in [2.05, 4.69) is 120 Å². The van der Waals surface area contributed by atoms with Crippen LogP contribution in [0.4, 0.5) is 11.4 Å². The Labute approximate surface area is 229 Å². The molecule has 0 bridgehead atoms. The van der Waals surface area contributed by atoms with Gasteiger partial charge >= 0.3 is 0 Å². The van der Waals surface area contributed by atoms with E-state index in [0.717, 1.165) is 30.7 Å². The van der Waals surface area contributed by atoms with Gasteiger partial charge in [-0.2, -0.15) is 0 Å². The number of aryl methyl sites for hydroxylation is 2. The molecule has 2 aromatic carbocycles. The number of benzene rings is 2. The Morgan fingerprint density at radius 3 is 2.46 bits per heavy atom. The second-order valence-corrected chi connectivity index (χ2v) is 12.3. The maximum atomic E-state index is 6.99. The van der Waals surface area contributed by atoms with Crippen molar-refractivity contribution in [2.75, 3.05) is 24.3 Å². The molecule has 37 heavy (non-hydrogen) atoms. The Balaban J connectivity index is 1.56. The van der Waals surface area contributed by atoms with Gasteiger partial charge in [0, 0.05) is 41.6 Å². The van der Waals surface area contributed by atoms with Crippen molar-refractivity contribution in [1.29, 1.82) is 0 Å². The van der Waals surface area contributed by atoms with Gasteiger partial charge in [0.15, 0.2) is 0 Å². The molecule has 0 unspecified atom stereocenters. The highest BCUT2D eigenvalue weighted by atomic mass is 35.5. The van der Waals surface area contributed by atoms with Crippen LogP contribution in [0.2, 0.25) is 0 Å². The molecule has 0 aromatic heterocycles. The minimum Gasteiger partial charge on any atom is -0.388 e. The lowest BCUT2D eigenvalue weighted by Crippen LogP contribution is -2.22. The van der Waals surface area contributed by atoms with E-state index in [0.29, 0.717) is 0 Å². The fraction of sp³-hybridized carbons (Fsp3) is 0.412. The minimum atomic E-state index is -0.0334. The highest BCUT2D eigenvalue weighted by molar-refractivity contribution is 6.32. The third-order valence-electron chi connectivity index (χ3n) is 8.21. The lowest BCUT2D eigenvalue weighted by molar-refractivity contribution is 0.535. The predicted octanol–water partition coefficient (Wildman–Crippen LogP) is 9.48. The first-order valence-electron chi connectivity index (χ1n) is 13.6. The summed E-state index contributed by atoms with van der Waals surface area (Å²) in [6, 6.07) is 13.4. The summed E-state index contributed by atoms with van der Waals surface area (Å²) in [4.78, 5) is 2.33. The van der Waals surface area contributed by atoms with E-state index in [4.69, 9.17) is 11.6 Å². The number of nitrogens with one attached hydrogen (secondary N) is 1. The third-order valence-corrected chi connectivity index (χ3v) is 8.69. The summed E-state index contributed by atoms with van der Waals surface area (Å²) in [5, 5.41) is 4.29. The first kappa shape index (κ1) is 27.3. The molecular weight excluding hydrogens is 472 g/mol. The van der Waals surface area contributed by atoms with Gasteiger partial charge in [-0.3, -0.25) is 0 Å². The molecule has 0 fully saturated rings. The maximum absolute atomic E-state index is 6.99. The van der Waals surface area contributed by atoms with Crippen LogP contribution < -0.4 is 10.2 Å². The fourth-order valence-electron chi connectivity index (χ4n) is 5.88. The number of hydrogen-bond donors (Lipinski definition) is 1. The molecule has 0 radical (unpaired) electrons. The average Bonchev–Trinajstić information content (AvgIpc) is 3.03. The molecule has 2 aromatic rings. The molecule has 196 valence electrons. The third kappa shape index (κ3) is 5.46. The molecule has 4 rings (SSSR count). The Morgan fingerprint density at radius 1 is 1.03 bits per heavy atom. The largest absolute Gasteiger partial charge is 0.388 e. The second kappa shape index (κ2) is 10.6. The van der Waals surface area contributed by atoms with E-state index < -0.39 is 0 Å². The van der Waals surface area contributed by atoms with E-state index in [9.17, 15) is 0 Å². The molecule has 1 N–H and O–H groups in total. The Bertz CT molecular complexity index is 1300. The summed E-state index contributed by atoms with van der Waals surface area (Å²) < 4.78 is 0. The molecular formula is C34H43ClN2. The second-order valence-electron chi connectivity index (χ2n) is 11.9. The summed E-state index contributed by atoms with van der Waals surface area (Å²) >= 11 is 6.99. The average molecular weight is 515 g/mol. The SMILES string of the molecule is CNc1ccc(C)cc1C(C)(C)C/C=C/C1=C(Cl)C(=C/C=C2/N(C)c3ccc(C)cc3C2(C)C)/CCC1. The van der Waals surface area contributed by atoms with Crippen molar-refractivity contribution in [3.8, 4) is 0 Å². The van der Waals surface area contributed by atoms with Crippen LogP contribution in [0.1, 0.15) is 75.6 Å². The standard InChI is InChI=1S/C34H43ClN2/c1-23-14-17-29(36-7)27(21-23)33(3,4)20-10-13-25-11-9-12-26(32(25)35)16-19-31-34(5,6)28-22-24(2)15-18-30(28)37(31)8/h10,13-19,21-22,36H,9,11-12,20H2,1-8H3/b13-10+,26-16+,31-19+. The van der Waals surface area contributed by atoms with E-state index in [1.165, 1.54) is 50.5 Å². The molecule has 2 nitrogen and oxygen atoms in total. The van der Waals surface area contributed by atoms with Crippen LogP contribution in [0.5, 0.6) is 0 Å². The van der Waals surface area contributed by atoms with Crippen LogP contribution in [-0.2, 0) is 10.8 Å². The van der Waals surface area contributed by atoms with Gasteiger partial charge < -0.3 is 10.2 Å². The van der Waals surface area contributed by atoms with Crippen molar-refractivity contribution < 1.29 is 0 Å². The smallest absolute Gasteiger partial charge is 0.0469 e. The molecule has 0 amide bonds. The van der Waals surface area contributed by atoms with Gasteiger partial charge in [0.2, 0.25) is 0 Å². The topological polar surface area (TPSA) is 15.3 Å². The van der Waals surface area contributed by atoms with Gasteiger partial charge in [0.25, 0.3) is 0 Å². The van der Waals surface area contributed by atoms with Crippen LogP contribution in [0.25, 0.3) is 0 Å². The maximum Gasteiger partial charge on any atom is 0.0469 e. The Morgan fingerprint density at radius 2 is 1.73 bits per heavy atom. The Kier molecular flexibility index (Phi) is 7.81. The van der Waals surface area contributed by atoms with Crippen LogP contribution in [0, 0.1) is 13.8 Å². The highest BCUT2D eigenvalue weighted by Gasteiger charge is 2.38. The minimum absolute atomic E-state index is 0.0255. The van der Waals surface area contributed by atoms with Crippen LogP contribution in [0.15, 0.2) is 82.6 Å². The number of nitrogens with zero attached hydrogens (tertiary/aromatic N) is 1. The van der Waals surface area contributed by atoms with Gasteiger partial charge in [-0.1, -0.05) is 92.9 Å². The van der Waals surface area contributed by atoms with Crippen molar-refractivity contribution in [2.45, 2.75) is 78.1 Å². The van der Waals surface area contributed by atoms with Gasteiger partial charge in [-0.25, -0.2) is 0 Å². The zero-order chi connectivity index (χ0) is 27.0. The van der Waals surface area contributed by atoms with Crippen molar-refractivity contribution in [2.24, 2.45) is 0 Å². The number of anilines is 2. The summed E-state index contributed by atoms with van der Waals surface area (Å²) in [5.41, 5.74) is 11.7.